The maximum atomic E-state index is 12.1. The van der Waals surface area contributed by atoms with E-state index in [0.29, 0.717) is 28.9 Å². The molecular weight excluding hydrogens is 455 g/mol. The van der Waals surface area contributed by atoms with Gasteiger partial charge in [-0.1, -0.05) is 41.0 Å². The number of hydrogen-bond donors (Lipinski definition) is 3. The Morgan fingerprint density at radius 3 is 2.93 bits per heavy atom. The molecule has 11 heteroatoms. The highest BCUT2D eigenvalue weighted by atomic mass is 35.5. The summed E-state index contributed by atoms with van der Waals surface area (Å²) in [5.74, 6) is -0.287. The van der Waals surface area contributed by atoms with E-state index in [2.05, 4.69) is 15.5 Å². The SMILES string of the molecule is NC(=O)C1=CSC(SCC(=O)NC[C@H]2CN(Cc3ccc(Cl)c(Cl)c3)CCO2)N1. The summed E-state index contributed by atoms with van der Waals surface area (Å²) in [7, 11) is 0. The zero-order valence-corrected chi connectivity index (χ0v) is 18.7. The number of amides is 2. The molecule has 0 saturated carbocycles. The zero-order valence-electron chi connectivity index (χ0n) is 15.5. The summed E-state index contributed by atoms with van der Waals surface area (Å²) in [6, 6.07) is 5.64. The standard InChI is InChI=1S/C18H22Cl2N4O3S2/c19-13-2-1-11(5-14(13)20)7-24-3-4-27-12(8-24)6-22-16(25)10-29-18-23-15(9-28-18)17(21)26/h1-2,5,9,12,18,23H,3-4,6-8,10H2,(H2,21,26)(H,22,25)/t12-,18?/m0/s1. The van der Waals surface area contributed by atoms with Crippen LogP contribution in [0.3, 0.4) is 0 Å². The van der Waals surface area contributed by atoms with E-state index in [9.17, 15) is 9.59 Å². The van der Waals surface area contributed by atoms with Crippen LogP contribution in [0, 0.1) is 0 Å². The van der Waals surface area contributed by atoms with Crippen LogP contribution < -0.4 is 16.4 Å². The van der Waals surface area contributed by atoms with Crippen molar-refractivity contribution in [2.45, 2.75) is 17.4 Å². The van der Waals surface area contributed by atoms with Crippen molar-refractivity contribution in [2.24, 2.45) is 5.73 Å². The molecule has 0 spiro atoms. The Kier molecular flexibility index (Phi) is 8.40. The Morgan fingerprint density at radius 2 is 2.21 bits per heavy atom. The first-order valence-corrected chi connectivity index (χ1v) is 11.7. The Bertz CT molecular complexity index is 796. The number of morpholine rings is 1. The molecule has 0 radical (unpaired) electrons. The molecule has 1 unspecified atom stereocenters. The summed E-state index contributed by atoms with van der Waals surface area (Å²) < 4.78 is 5.68. The van der Waals surface area contributed by atoms with Crippen molar-refractivity contribution in [2.75, 3.05) is 32.0 Å². The smallest absolute Gasteiger partial charge is 0.265 e. The molecule has 2 aliphatic heterocycles. The van der Waals surface area contributed by atoms with Gasteiger partial charge in [-0.05, 0) is 17.7 Å². The lowest BCUT2D eigenvalue weighted by atomic mass is 10.2. The normalized spacial score (nSPS) is 22.1. The van der Waals surface area contributed by atoms with Gasteiger partial charge >= 0.3 is 0 Å². The third-order valence-corrected chi connectivity index (χ3v) is 7.42. The van der Waals surface area contributed by atoms with Crippen LogP contribution in [-0.2, 0) is 20.9 Å². The van der Waals surface area contributed by atoms with E-state index in [0.717, 1.165) is 25.2 Å². The summed E-state index contributed by atoms with van der Waals surface area (Å²) in [6.45, 7) is 3.36. The quantitative estimate of drug-likeness (QED) is 0.527. The van der Waals surface area contributed by atoms with Crippen LogP contribution in [0.1, 0.15) is 5.56 Å². The minimum Gasteiger partial charge on any atom is -0.374 e. The van der Waals surface area contributed by atoms with Gasteiger partial charge in [-0.25, -0.2) is 0 Å². The Labute approximate surface area is 188 Å². The van der Waals surface area contributed by atoms with Crippen LogP contribution in [-0.4, -0.2) is 59.5 Å². The van der Waals surface area contributed by atoms with Gasteiger partial charge in [0.1, 0.15) is 10.4 Å². The first kappa shape index (κ1) is 22.6. The molecule has 0 bridgehead atoms. The average Bonchev–Trinajstić information content (AvgIpc) is 3.17. The van der Waals surface area contributed by atoms with Crippen molar-refractivity contribution in [1.82, 2.24) is 15.5 Å². The molecule has 1 fully saturated rings. The third-order valence-electron chi connectivity index (χ3n) is 4.35. The van der Waals surface area contributed by atoms with Crippen molar-refractivity contribution in [1.29, 1.82) is 0 Å². The van der Waals surface area contributed by atoms with E-state index in [1.165, 1.54) is 23.5 Å². The lowest BCUT2D eigenvalue weighted by Gasteiger charge is -2.33. The number of nitrogens with two attached hydrogens (primary N) is 1. The molecule has 2 amide bonds. The molecule has 0 aromatic heterocycles. The Hall–Kier alpha value is -1.10. The number of carbonyl (C=O) groups is 2. The topological polar surface area (TPSA) is 96.7 Å². The van der Waals surface area contributed by atoms with Crippen LogP contribution in [0.15, 0.2) is 29.3 Å². The van der Waals surface area contributed by atoms with Crippen molar-refractivity contribution < 1.29 is 14.3 Å². The van der Waals surface area contributed by atoms with Crippen LogP contribution in [0.2, 0.25) is 10.0 Å². The minimum atomic E-state index is -0.495. The van der Waals surface area contributed by atoms with Gasteiger partial charge in [-0.15, -0.1) is 11.8 Å². The zero-order chi connectivity index (χ0) is 20.8. The maximum Gasteiger partial charge on any atom is 0.265 e. The molecule has 3 rings (SSSR count). The highest BCUT2D eigenvalue weighted by Gasteiger charge is 2.23. The summed E-state index contributed by atoms with van der Waals surface area (Å²) in [5.41, 5.74) is 6.69. The Morgan fingerprint density at radius 1 is 1.38 bits per heavy atom. The number of carbonyl (C=O) groups excluding carboxylic acids is 2. The number of halogens is 2. The average molecular weight is 477 g/mol. The number of nitrogens with one attached hydrogen (secondary N) is 2. The number of thioether (sulfide) groups is 2. The van der Waals surface area contributed by atoms with Gasteiger partial charge < -0.3 is 21.1 Å². The minimum absolute atomic E-state index is 0.0671. The molecule has 0 aliphatic carbocycles. The molecule has 2 aliphatic rings. The second-order valence-electron chi connectivity index (χ2n) is 6.60. The fraction of sp³-hybridized carbons (Fsp3) is 0.444. The van der Waals surface area contributed by atoms with Gasteiger partial charge in [0.15, 0.2) is 0 Å². The maximum absolute atomic E-state index is 12.1. The number of benzene rings is 1. The summed E-state index contributed by atoms with van der Waals surface area (Å²) in [6.07, 6.45) is -0.0671. The first-order valence-electron chi connectivity index (χ1n) is 8.99. The molecule has 29 heavy (non-hydrogen) atoms. The molecule has 2 atom stereocenters. The molecule has 1 aromatic carbocycles. The number of rotatable bonds is 8. The molecule has 158 valence electrons. The van der Waals surface area contributed by atoms with Gasteiger partial charge in [0, 0.05) is 31.6 Å². The van der Waals surface area contributed by atoms with E-state index in [1.807, 2.05) is 12.1 Å². The van der Waals surface area contributed by atoms with E-state index in [1.54, 1.807) is 11.5 Å². The molecule has 1 aromatic rings. The van der Waals surface area contributed by atoms with Gasteiger partial charge in [-0.2, -0.15) is 0 Å². The second kappa shape index (κ2) is 10.8. The van der Waals surface area contributed by atoms with E-state index < -0.39 is 5.91 Å². The Balaban J connectivity index is 1.36. The van der Waals surface area contributed by atoms with Crippen molar-refractivity contribution in [3.63, 3.8) is 0 Å². The fourth-order valence-electron chi connectivity index (χ4n) is 2.91. The number of primary amides is 1. The summed E-state index contributed by atoms with van der Waals surface area (Å²) in [5, 5.41) is 8.66. The van der Waals surface area contributed by atoms with Crippen molar-refractivity contribution >= 4 is 58.5 Å². The van der Waals surface area contributed by atoms with Gasteiger partial charge in [-0.3, -0.25) is 14.5 Å². The largest absolute Gasteiger partial charge is 0.374 e. The van der Waals surface area contributed by atoms with E-state index in [4.69, 9.17) is 33.7 Å². The third kappa shape index (κ3) is 6.97. The predicted molar refractivity (Wildman–Crippen MR) is 119 cm³/mol. The number of hydrogen-bond acceptors (Lipinski definition) is 7. The second-order valence-corrected chi connectivity index (χ2v) is 9.79. The highest BCUT2D eigenvalue weighted by molar-refractivity contribution is 8.18. The summed E-state index contributed by atoms with van der Waals surface area (Å²) in [4.78, 5) is 25.5. The van der Waals surface area contributed by atoms with Gasteiger partial charge in [0.2, 0.25) is 5.91 Å². The van der Waals surface area contributed by atoms with Crippen molar-refractivity contribution in [3.8, 4) is 0 Å². The number of nitrogens with zero attached hydrogens (tertiary/aromatic N) is 1. The van der Waals surface area contributed by atoms with Crippen molar-refractivity contribution in [3.05, 3.63) is 44.9 Å². The van der Waals surface area contributed by atoms with Crippen LogP contribution >= 0.6 is 46.7 Å². The molecule has 1 saturated heterocycles. The number of ether oxygens (including phenoxy) is 1. The van der Waals surface area contributed by atoms with Crippen LogP contribution in [0.25, 0.3) is 0 Å². The van der Waals surface area contributed by atoms with Gasteiger partial charge in [0.25, 0.3) is 5.91 Å². The summed E-state index contributed by atoms with van der Waals surface area (Å²) >= 11 is 14.9. The lowest BCUT2D eigenvalue weighted by molar-refractivity contribution is -0.119. The van der Waals surface area contributed by atoms with Gasteiger partial charge in [0.05, 0.1) is 28.5 Å². The molecule has 2 heterocycles. The van der Waals surface area contributed by atoms with Crippen LogP contribution in [0.4, 0.5) is 0 Å². The first-order chi connectivity index (χ1) is 13.9. The lowest BCUT2D eigenvalue weighted by Crippen LogP contribution is -2.47. The molecule has 7 nitrogen and oxygen atoms in total. The molecule has 4 N–H and O–H groups in total. The van der Waals surface area contributed by atoms with E-state index >= 15 is 0 Å². The molecular formula is C18H22Cl2N4O3S2. The highest BCUT2D eigenvalue weighted by Crippen LogP contribution is 2.29. The monoisotopic (exact) mass is 476 g/mol. The van der Waals surface area contributed by atoms with E-state index in [-0.39, 0.29) is 22.5 Å². The van der Waals surface area contributed by atoms with Crippen LogP contribution in [0.5, 0.6) is 0 Å². The fourth-order valence-corrected chi connectivity index (χ4v) is 5.17. The predicted octanol–water partition coefficient (Wildman–Crippen LogP) is 1.99.